The lowest BCUT2D eigenvalue weighted by molar-refractivity contribution is -0.117. The molecule has 3 aromatic rings. The molecule has 1 aliphatic rings. The van der Waals surface area contributed by atoms with Gasteiger partial charge < -0.3 is 10.6 Å². The molecule has 3 aromatic carbocycles. The van der Waals surface area contributed by atoms with E-state index in [9.17, 15) is 18.4 Å². The second kappa shape index (κ2) is 10.0. The first kappa shape index (κ1) is 26.5. The fourth-order valence-corrected chi connectivity index (χ4v) is 5.55. The molecule has 0 heterocycles. The summed E-state index contributed by atoms with van der Waals surface area (Å²) in [4.78, 5) is 25.7. The zero-order valence-electron chi connectivity index (χ0n) is 17.1. The summed E-state index contributed by atoms with van der Waals surface area (Å²) in [5.74, 6) is -4.46. The van der Waals surface area contributed by atoms with E-state index in [0.29, 0.717) is 15.6 Å². The normalized spacial score (nSPS) is 18.2. The van der Waals surface area contributed by atoms with Crippen LogP contribution in [0.4, 0.5) is 20.2 Å². The molecule has 1 saturated carbocycles. The van der Waals surface area contributed by atoms with E-state index in [1.807, 2.05) is 0 Å². The molecule has 2 unspecified atom stereocenters. The topological polar surface area (TPSA) is 58.2 Å². The fraction of sp³-hybridized carbons (Fsp3) is 0.130. The average molecular weight is 644 g/mol. The number of alkyl halides is 2. The van der Waals surface area contributed by atoms with Crippen LogP contribution in [-0.4, -0.2) is 16.1 Å². The van der Waals surface area contributed by atoms with Crippen LogP contribution in [0.15, 0.2) is 53.0 Å². The molecule has 0 radical (unpaired) electrons. The van der Waals surface area contributed by atoms with Gasteiger partial charge in [-0.1, -0.05) is 34.8 Å². The highest BCUT2D eigenvalue weighted by molar-refractivity contribution is 9.10. The van der Waals surface area contributed by atoms with Crippen molar-refractivity contribution in [3.63, 3.8) is 0 Å². The smallest absolute Gasteiger partial charge is 0.257 e. The van der Waals surface area contributed by atoms with Crippen molar-refractivity contribution in [2.45, 2.75) is 10.3 Å². The van der Waals surface area contributed by atoms with Gasteiger partial charge in [0, 0.05) is 21.7 Å². The summed E-state index contributed by atoms with van der Waals surface area (Å²) in [5.41, 5.74) is 0.519. The van der Waals surface area contributed by atoms with Crippen LogP contribution in [0.1, 0.15) is 21.8 Å². The van der Waals surface area contributed by atoms with Crippen molar-refractivity contribution in [2.24, 2.45) is 5.92 Å². The molecule has 2 amide bonds. The van der Waals surface area contributed by atoms with Gasteiger partial charge in [-0.3, -0.25) is 9.59 Å². The van der Waals surface area contributed by atoms with Crippen molar-refractivity contribution >= 4 is 97.1 Å². The summed E-state index contributed by atoms with van der Waals surface area (Å²) in [5, 5.41) is 5.78. The van der Waals surface area contributed by atoms with Crippen LogP contribution in [0.3, 0.4) is 0 Å². The lowest BCUT2D eigenvalue weighted by Gasteiger charge is -2.11. The molecule has 4 nitrogen and oxygen atoms in total. The van der Waals surface area contributed by atoms with Gasteiger partial charge in [0.05, 0.1) is 26.7 Å². The summed E-state index contributed by atoms with van der Waals surface area (Å²) in [6.45, 7) is 0. The molecule has 4 rings (SSSR count). The summed E-state index contributed by atoms with van der Waals surface area (Å²) in [7, 11) is 0. The highest BCUT2D eigenvalue weighted by Gasteiger charge is 2.67. The molecular formula is C23H12BrCl5F2N2O2. The molecule has 2 atom stereocenters. The Morgan fingerprint density at radius 2 is 1.57 bits per heavy atom. The summed E-state index contributed by atoms with van der Waals surface area (Å²) >= 11 is 33.8. The first-order valence-corrected chi connectivity index (χ1v) is 12.5. The van der Waals surface area contributed by atoms with Crippen LogP contribution in [0.25, 0.3) is 0 Å². The third kappa shape index (κ3) is 5.41. The lowest BCUT2D eigenvalue weighted by Crippen LogP contribution is -2.18. The Kier molecular flexibility index (Phi) is 7.59. The Bertz CT molecular complexity index is 1350. The minimum absolute atomic E-state index is 0.0454. The van der Waals surface area contributed by atoms with E-state index in [1.54, 1.807) is 18.2 Å². The number of carbonyl (C=O) groups excluding carboxylic acids is 2. The molecule has 182 valence electrons. The number of hydrogen-bond acceptors (Lipinski definition) is 2. The Balaban J connectivity index is 1.52. The second-order valence-corrected chi connectivity index (χ2v) is 11.2. The number of halogens is 8. The molecule has 1 fully saturated rings. The average Bonchev–Trinajstić information content (AvgIpc) is 3.36. The molecular weight excluding hydrogens is 631 g/mol. The molecule has 0 aromatic heterocycles. The standard InChI is InChI=1S/C23H12BrCl5F2N2O2/c24-19-15(30)3-4-16(20(19)31)33-21(34)13-8-12(1-2-14(13)27)32-22(35)18-17(23(18,28)29)9-5-10(25)7-11(26)6-9/h1-8,17-18H,(H,32,35)(H,33,34). The number of nitrogens with one attached hydrogen (secondary N) is 2. The zero-order valence-corrected chi connectivity index (χ0v) is 22.5. The van der Waals surface area contributed by atoms with E-state index < -0.39 is 44.1 Å². The fourth-order valence-electron chi connectivity index (χ4n) is 3.63. The third-order valence-electron chi connectivity index (χ3n) is 5.34. The predicted octanol–water partition coefficient (Wildman–Crippen LogP) is 8.47. The maximum Gasteiger partial charge on any atom is 0.257 e. The van der Waals surface area contributed by atoms with Crippen LogP contribution < -0.4 is 10.6 Å². The molecule has 35 heavy (non-hydrogen) atoms. The van der Waals surface area contributed by atoms with Gasteiger partial charge in [-0.2, -0.15) is 0 Å². The number of amides is 2. The van der Waals surface area contributed by atoms with Gasteiger partial charge in [-0.25, -0.2) is 8.78 Å². The van der Waals surface area contributed by atoms with Gasteiger partial charge in [-0.05, 0) is 70.0 Å². The van der Waals surface area contributed by atoms with Crippen LogP contribution in [0, 0.1) is 17.6 Å². The first-order chi connectivity index (χ1) is 16.4. The van der Waals surface area contributed by atoms with Gasteiger partial charge in [0.25, 0.3) is 5.91 Å². The van der Waals surface area contributed by atoms with Crippen molar-refractivity contribution in [1.29, 1.82) is 0 Å². The lowest BCUT2D eigenvalue weighted by atomic mass is 10.1. The largest absolute Gasteiger partial charge is 0.326 e. The highest BCUT2D eigenvalue weighted by Crippen LogP contribution is 2.65. The molecule has 0 saturated heterocycles. The van der Waals surface area contributed by atoms with E-state index in [-0.39, 0.29) is 22.0 Å². The Labute approximate surface area is 232 Å². The SMILES string of the molecule is O=C(Nc1ccc(F)c(Br)c1F)c1cc(NC(=O)C2C(c3cc(Cl)cc(Cl)c3)C2(Cl)Cl)ccc1Cl. The zero-order chi connectivity index (χ0) is 25.7. The van der Waals surface area contributed by atoms with E-state index >= 15 is 0 Å². The van der Waals surface area contributed by atoms with Gasteiger partial charge in [0.1, 0.15) is 10.2 Å². The molecule has 0 bridgehead atoms. The Morgan fingerprint density at radius 1 is 0.914 bits per heavy atom. The second-order valence-electron chi connectivity index (χ2n) is 7.69. The number of anilines is 2. The number of hydrogen-bond donors (Lipinski definition) is 2. The van der Waals surface area contributed by atoms with Crippen molar-refractivity contribution in [1.82, 2.24) is 0 Å². The van der Waals surface area contributed by atoms with Crippen LogP contribution in [0.2, 0.25) is 15.1 Å². The summed E-state index contributed by atoms with van der Waals surface area (Å²) in [6.07, 6.45) is 0. The van der Waals surface area contributed by atoms with Crippen molar-refractivity contribution in [3.8, 4) is 0 Å². The molecule has 0 aliphatic heterocycles. The predicted molar refractivity (Wildman–Crippen MR) is 139 cm³/mol. The molecule has 0 spiro atoms. The van der Waals surface area contributed by atoms with E-state index in [4.69, 9.17) is 58.0 Å². The summed E-state index contributed by atoms with van der Waals surface area (Å²) < 4.78 is 25.9. The highest BCUT2D eigenvalue weighted by atomic mass is 79.9. The maximum atomic E-state index is 14.3. The molecule has 2 N–H and O–H groups in total. The van der Waals surface area contributed by atoms with Crippen LogP contribution in [0.5, 0.6) is 0 Å². The van der Waals surface area contributed by atoms with E-state index in [1.165, 1.54) is 18.2 Å². The summed E-state index contributed by atoms with van der Waals surface area (Å²) in [6, 6.07) is 11.0. The van der Waals surface area contributed by atoms with Crippen LogP contribution in [-0.2, 0) is 4.79 Å². The first-order valence-electron chi connectivity index (χ1n) is 9.79. The van der Waals surface area contributed by atoms with Gasteiger partial charge in [-0.15, -0.1) is 23.2 Å². The third-order valence-corrected chi connectivity index (χ3v) is 7.78. The van der Waals surface area contributed by atoms with Crippen molar-refractivity contribution in [3.05, 3.63) is 90.8 Å². The monoisotopic (exact) mass is 640 g/mol. The van der Waals surface area contributed by atoms with E-state index in [0.717, 1.165) is 12.1 Å². The van der Waals surface area contributed by atoms with Gasteiger partial charge in [0.15, 0.2) is 5.82 Å². The number of rotatable bonds is 5. The maximum absolute atomic E-state index is 14.3. The minimum Gasteiger partial charge on any atom is -0.326 e. The van der Waals surface area contributed by atoms with Gasteiger partial charge in [0.2, 0.25) is 5.91 Å². The minimum atomic E-state index is -1.39. The number of carbonyl (C=O) groups is 2. The van der Waals surface area contributed by atoms with Crippen LogP contribution >= 0.6 is 73.9 Å². The Morgan fingerprint density at radius 3 is 2.23 bits per heavy atom. The molecule has 1 aliphatic carbocycles. The van der Waals surface area contributed by atoms with Crippen molar-refractivity contribution < 1.29 is 18.4 Å². The number of benzene rings is 3. The van der Waals surface area contributed by atoms with Crippen molar-refractivity contribution in [2.75, 3.05) is 10.6 Å². The molecule has 12 heteroatoms. The van der Waals surface area contributed by atoms with Gasteiger partial charge >= 0.3 is 0 Å². The van der Waals surface area contributed by atoms with E-state index in [2.05, 4.69) is 26.6 Å². The quantitative estimate of drug-likeness (QED) is 0.217. The Hall–Kier alpha value is -1.61.